The second-order valence-corrected chi connectivity index (χ2v) is 3.49. The Bertz CT molecular complexity index is 287. The van der Waals surface area contributed by atoms with Crippen LogP contribution in [0, 0.1) is 0 Å². The second kappa shape index (κ2) is 6.30. The molecular formula is C12H19NO2. The van der Waals surface area contributed by atoms with Gasteiger partial charge in [-0.25, -0.2) is 0 Å². The fourth-order valence-corrected chi connectivity index (χ4v) is 1.31. The van der Waals surface area contributed by atoms with Crippen LogP contribution in [0.3, 0.4) is 0 Å². The number of hydrogen-bond donors (Lipinski definition) is 2. The predicted molar refractivity (Wildman–Crippen MR) is 62.4 cm³/mol. The minimum absolute atomic E-state index is 0.267. The van der Waals surface area contributed by atoms with E-state index in [0.717, 1.165) is 24.4 Å². The molecule has 0 bridgehead atoms. The topological polar surface area (TPSA) is 41.5 Å². The maximum Gasteiger partial charge on any atom is 0.142 e. The third-order valence-corrected chi connectivity index (χ3v) is 2.06. The zero-order valence-corrected chi connectivity index (χ0v) is 9.36. The van der Waals surface area contributed by atoms with Gasteiger partial charge in [0.25, 0.3) is 0 Å². The van der Waals surface area contributed by atoms with Crippen LogP contribution in [0.1, 0.15) is 20.3 Å². The molecule has 2 N–H and O–H groups in total. The number of aliphatic hydroxyl groups is 1. The van der Waals surface area contributed by atoms with Crippen molar-refractivity contribution in [3.63, 3.8) is 0 Å². The lowest BCUT2D eigenvalue weighted by Gasteiger charge is -2.12. The van der Waals surface area contributed by atoms with Gasteiger partial charge in [0.15, 0.2) is 0 Å². The van der Waals surface area contributed by atoms with E-state index in [-0.39, 0.29) is 6.10 Å². The van der Waals surface area contributed by atoms with E-state index < -0.39 is 0 Å². The highest BCUT2D eigenvalue weighted by Crippen LogP contribution is 2.23. The molecule has 3 nitrogen and oxygen atoms in total. The van der Waals surface area contributed by atoms with Gasteiger partial charge in [-0.05, 0) is 32.4 Å². The molecule has 1 aromatic carbocycles. The summed E-state index contributed by atoms with van der Waals surface area (Å²) in [5, 5.41) is 12.4. The summed E-state index contributed by atoms with van der Waals surface area (Å²) in [6.07, 6.45) is 0.470. The highest BCUT2D eigenvalue weighted by atomic mass is 16.5. The van der Waals surface area contributed by atoms with E-state index in [0.29, 0.717) is 6.61 Å². The Balaban J connectivity index is 2.51. The van der Waals surface area contributed by atoms with Crippen LogP contribution in [0.15, 0.2) is 24.3 Å². The summed E-state index contributed by atoms with van der Waals surface area (Å²) in [5.74, 6) is 0.866. The quantitative estimate of drug-likeness (QED) is 0.755. The van der Waals surface area contributed by atoms with Gasteiger partial charge >= 0.3 is 0 Å². The number of para-hydroxylation sites is 2. The first kappa shape index (κ1) is 11.9. The fraction of sp³-hybridized carbons (Fsp3) is 0.500. The molecule has 1 unspecified atom stereocenters. The maximum absolute atomic E-state index is 9.13. The van der Waals surface area contributed by atoms with Gasteiger partial charge < -0.3 is 15.2 Å². The molecular weight excluding hydrogens is 190 g/mol. The van der Waals surface area contributed by atoms with Crippen LogP contribution in [0.4, 0.5) is 5.69 Å². The SMILES string of the molecule is CCOc1ccccc1NCCC(C)O. The van der Waals surface area contributed by atoms with Gasteiger partial charge in [0.05, 0.1) is 18.4 Å². The van der Waals surface area contributed by atoms with Crippen LogP contribution in [-0.2, 0) is 0 Å². The Kier molecular flexibility index (Phi) is 4.98. The Labute approximate surface area is 91.1 Å². The third kappa shape index (κ3) is 4.21. The van der Waals surface area contributed by atoms with Gasteiger partial charge in [0, 0.05) is 6.54 Å². The molecule has 15 heavy (non-hydrogen) atoms. The monoisotopic (exact) mass is 209 g/mol. The van der Waals surface area contributed by atoms with E-state index in [1.807, 2.05) is 31.2 Å². The first-order valence-corrected chi connectivity index (χ1v) is 5.37. The van der Waals surface area contributed by atoms with Crippen LogP contribution < -0.4 is 10.1 Å². The van der Waals surface area contributed by atoms with E-state index in [4.69, 9.17) is 9.84 Å². The average molecular weight is 209 g/mol. The van der Waals surface area contributed by atoms with Crippen molar-refractivity contribution in [3.8, 4) is 5.75 Å². The summed E-state index contributed by atoms with van der Waals surface area (Å²) in [4.78, 5) is 0. The van der Waals surface area contributed by atoms with Crippen molar-refractivity contribution in [2.24, 2.45) is 0 Å². The molecule has 0 radical (unpaired) electrons. The molecule has 0 fully saturated rings. The Morgan fingerprint density at radius 1 is 1.40 bits per heavy atom. The molecule has 0 aliphatic carbocycles. The smallest absolute Gasteiger partial charge is 0.142 e. The summed E-state index contributed by atoms with van der Waals surface area (Å²) in [5.41, 5.74) is 0.986. The minimum Gasteiger partial charge on any atom is -0.492 e. The molecule has 0 amide bonds. The highest BCUT2D eigenvalue weighted by Gasteiger charge is 2.01. The van der Waals surface area contributed by atoms with Crippen LogP contribution >= 0.6 is 0 Å². The van der Waals surface area contributed by atoms with Gasteiger partial charge in [0.1, 0.15) is 5.75 Å². The molecule has 0 aliphatic rings. The lowest BCUT2D eigenvalue weighted by Crippen LogP contribution is -2.10. The number of aliphatic hydroxyl groups excluding tert-OH is 1. The van der Waals surface area contributed by atoms with Crippen molar-refractivity contribution in [1.29, 1.82) is 0 Å². The van der Waals surface area contributed by atoms with E-state index >= 15 is 0 Å². The van der Waals surface area contributed by atoms with Gasteiger partial charge in [0.2, 0.25) is 0 Å². The lowest BCUT2D eigenvalue weighted by molar-refractivity contribution is 0.188. The molecule has 0 heterocycles. The maximum atomic E-state index is 9.13. The Morgan fingerprint density at radius 3 is 2.80 bits per heavy atom. The van der Waals surface area contributed by atoms with Crippen molar-refractivity contribution in [2.45, 2.75) is 26.4 Å². The number of anilines is 1. The summed E-state index contributed by atoms with van der Waals surface area (Å²) < 4.78 is 5.47. The number of benzene rings is 1. The molecule has 0 spiro atoms. The lowest BCUT2D eigenvalue weighted by atomic mass is 10.2. The van der Waals surface area contributed by atoms with Crippen molar-refractivity contribution in [1.82, 2.24) is 0 Å². The summed E-state index contributed by atoms with van der Waals surface area (Å²) in [6, 6.07) is 7.83. The molecule has 0 saturated carbocycles. The van der Waals surface area contributed by atoms with Crippen LogP contribution in [0.5, 0.6) is 5.75 Å². The van der Waals surface area contributed by atoms with Gasteiger partial charge in [-0.2, -0.15) is 0 Å². The van der Waals surface area contributed by atoms with Crippen molar-refractivity contribution >= 4 is 5.69 Å². The van der Waals surface area contributed by atoms with E-state index in [1.165, 1.54) is 0 Å². The van der Waals surface area contributed by atoms with Gasteiger partial charge in [-0.3, -0.25) is 0 Å². The third-order valence-electron chi connectivity index (χ3n) is 2.06. The molecule has 0 aliphatic heterocycles. The first-order chi connectivity index (χ1) is 7.24. The van der Waals surface area contributed by atoms with Crippen molar-refractivity contribution in [2.75, 3.05) is 18.5 Å². The van der Waals surface area contributed by atoms with E-state index in [1.54, 1.807) is 6.92 Å². The van der Waals surface area contributed by atoms with Crippen LogP contribution in [0.2, 0.25) is 0 Å². The molecule has 84 valence electrons. The van der Waals surface area contributed by atoms with Gasteiger partial charge in [-0.1, -0.05) is 12.1 Å². The van der Waals surface area contributed by atoms with Crippen LogP contribution in [0.25, 0.3) is 0 Å². The van der Waals surface area contributed by atoms with Crippen molar-refractivity contribution in [3.05, 3.63) is 24.3 Å². The van der Waals surface area contributed by atoms with Gasteiger partial charge in [-0.15, -0.1) is 0 Å². The predicted octanol–water partition coefficient (Wildman–Crippen LogP) is 2.27. The van der Waals surface area contributed by atoms with E-state index in [2.05, 4.69) is 5.32 Å². The summed E-state index contributed by atoms with van der Waals surface area (Å²) in [6.45, 7) is 5.17. The Morgan fingerprint density at radius 2 is 2.13 bits per heavy atom. The molecule has 1 aromatic rings. The van der Waals surface area contributed by atoms with Crippen LogP contribution in [-0.4, -0.2) is 24.4 Å². The molecule has 1 atom stereocenters. The van der Waals surface area contributed by atoms with Crippen molar-refractivity contribution < 1.29 is 9.84 Å². The molecule has 0 aromatic heterocycles. The number of nitrogens with one attached hydrogen (secondary N) is 1. The Hall–Kier alpha value is -1.22. The largest absolute Gasteiger partial charge is 0.492 e. The molecule has 1 rings (SSSR count). The number of rotatable bonds is 6. The average Bonchev–Trinajstić information content (AvgIpc) is 2.20. The number of hydrogen-bond acceptors (Lipinski definition) is 3. The minimum atomic E-state index is -0.267. The normalized spacial score (nSPS) is 12.2. The molecule has 3 heteroatoms. The number of ether oxygens (including phenoxy) is 1. The summed E-state index contributed by atoms with van der Waals surface area (Å²) >= 11 is 0. The first-order valence-electron chi connectivity index (χ1n) is 5.37. The standard InChI is InChI=1S/C12H19NO2/c1-3-15-12-7-5-4-6-11(12)13-9-8-10(2)14/h4-7,10,13-14H,3,8-9H2,1-2H3. The highest BCUT2D eigenvalue weighted by molar-refractivity contribution is 5.56. The van der Waals surface area contributed by atoms with E-state index in [9.17, 15) is 0 Å². The zero-order chi connectivity index (χ0) is 11.1. The fourth-order valence-electron chi connectivity index (χ4n) is 1.31. The summed E-state index contributed by atoms with van der Waals surface area (Å²) in [7, 11) is 0. The molecule has 0 saturated heterocycles. The zero-order valence-electron chi connectivity index (χ0n) is 9.36. The second-order valence-electron chi connectivity index (χ2n) is 3.49.